The van der Waals surface area contributed by atoms with Gasteiger partial charge in [0.05, 0.1) is 0 Å². The van der Waals surface area contributed by atoms with E-state index in [0.717, 1.165) is 42.1 Å². The van der Waals surface area contributed by atoms with Crippen LogP contribution in [0.1, 0.15) is 25.7 Å². The Morgan fingerprint density at radius 2 is 1.79 bits per heavy atom. The zero-order valence-corrected chi connectivity index (χ0v) is 10.8. The van der Waals surface area contributed by atoms with E-state index in [1.54, 1.807) is 0 Å². The number of hydrogen-bond donors (Lipinski definition) is 1. The Morgan fingerprint density at radius 3 is 2.58 bits per heavy atom. The van der Waals surface area contributed by atoms with Gasteiger partial charge in [0.25, 0.3) is 0 Å². The monoisotopic (exact) mass is 255 g/mol. The number of amides is 1. The highest BCUT2D eigenvalue weighted by Gasteiger charge is 2.19. The number of rotatable bonds is 2. The van der Waals surface area contributed by atoms with Crippen molar-refractivity contribution in [2.75, 3.05) is 5.32 Å². The van der Waals surface area contributed by atoms with Crippen LogP contribution in [0.15, 0.2) is 42.5 Å². The van der Waals surface area contributed by atoms with Crippen LogP contribution in [-0.2, 0) is 4.74 Å². The minimum atomic E-state index is -0.345. The molecule has 2 aromatic carbocycles. The van der Waals surface area contributed by atoms with Crippen LogP contribution >= 0.6 is 0 Å². The molecule has 0 unspecified atom stereocenters. The van der Waals surface area contributed by atoms with E-state index in [1.807, 2.05) is 36.4 Å². The summed E-state index contributed by atoms with van der Waals surface area (Å²) in [5, 5.41) is 5.08. The quantitative estimate of drug-likeness (QED) is 0.867. The summed E-state index contributed by atoms with van der Waals surface area (Å²) in [6, 6.07) is 13.9. The standard InChI is InChI=1S/C16H17NO2/c18-16(19-15-7-3-4-8-15)17-14-10-9-12-5-1-2-6-13(12)11-14/h1-2,5-6,9-11,15H,3-4,7-8H2,(H,17,18). The van der Waals surface area contributed by atoms with Crippen LogP contribution < -0.4 is 5.32 Å². The first-order valence-electron chi connectivity index (χ1n) is 6.78. The molecule has 3 heteroatoms. The van der Waals surface area contributed by atoms with E-state index < -0.39 is 0 Å². The van der Waals surface area contributed by atoms with Crippen LogP contribution in [0.25, 0.3) is 10.8 Å². The lowest BCUT2D eigenvalue weighted by atomic mass is 10.1. The molecule has 0 saturated heterocycles. The molecule has 1 amide bonds. The maximum Gasteiger partial charge on any atom is 0.411 e. The summed E-state index contributed by atoms with van der Waals surface area (Å²) < 4.78 is 5.38. The van der Waals surface area contributed by atoms with Crippen molar-refractivity contribution in [3.05, 3.63) is 42.5 Å². The van der Waals surface area contributed by atoms with Gasteiger partial charge in [-0.05, 0) is 48.6 Å². The van der Waals surface area contributed by atoms with Crippen LogP contribution in [0.3, 0.4) is 0 Å². The summed E-state index contributed by atoms with van der Waals surface area (Å²) in [5.74, 6) is 0. The van der Waals surface area contributed by atoms with Crippen LogP contribution in [0.4, 0.5) is 10.5 Å². The molecular weight excluding hydrogens is 238 g/mol. The van der Waals surface area contributed by atoms with Gasteiger partial charge in [-0.25, -0.2) is 4.79 Å². The molecule has 0 bridgehead atoms. The average molecular weight is 255 g/mol. The van der Waals surface area contributed by atoms with E-state index >= 15 is 0 Å². The first-order chi connectivity index (χ1) is 9.31. The molecule has 98 valence electrons. The Labute approximate surface area is 112 Å². The van der Waals surface area contributed by atoms with Gasteiger partial charge in [0, 0.05) is 5.69 Å². The van der Waals surface area contributed by atoms with E-state index in [2.05, 4.69) is 11.4 Å². The molecule has 1 saturated carbocycles. The molecule has 1 N–H and O–H groups in total. The minimum Gasteiger partial charge on any atom is -0.446 e. The third-order valence-corrected chi connectivity index (χ3v) is 3.57. The number of nitrogens with one attached hydrogen (secondary N) is 1. The molecule has 0 heterocycles. The zero-order chi connectivity index (χ0) is 13.1. The topological polar surface area (TPSA) is 38.3 Å². The van der Waals surface area contributed by atoms with Gasteiger partial charge < -0.3 is 4.74 Å². The molecule has 0 aliphatic heterocycles. The Balaban J connectivity index is 1.68. The van der Waals surface area contributed by atoms with Gasteiger partial charge in [0.2, 0.25) is 0 Å². The van der Waals surface area contributed by atoms with Crippen LogP contribution in [0.5, 0.6) is 0 Å². The van der Waals surface area contributed by atoms with Gasteiger partial charge in [0.1, 0.15) is 6.10 Å². The van der Waals surface area contributed by atoms with Gasteiger partial charge in [-0.1, -0.05) is 30.3 Å². The van der Waals surface area contributed by atoms with E-state index in [4.69, 9.17) is 4.74 Å². The Hall–Kier alpha value is -2.03. The van der Waals surface area contributed by atoms with Crippen molar-refractivity contribution in [3.8, 4) is 0 Å². The first kappa shape index (κ1) is 12.0. The fraction of sp³-hybridized carbons (Fsp3) is 0.312. The maximum absolute atomic E-state index is 11.8. The van der Waals surface area contributed by atoms with Crippen molar-refractivity contribution in [2.45, 2.75) is 31.8 Å². The van der Waals surface area contributed by atoms with Crippen molar-refractivity contribution < 1.29 is 9.53 Å². The summed E-state index contributed by atoms with van der Waals surface area (Å²) in [7, 11) is 0. The highest BCUT2D eigenvalue weighted by atomic mass is 16.6. The van der Waals surface area contributed by atoms with Gasteiger partial charge in [0.15, 0.2) is 0 Å². The minimum absolute atomic E-state index is 0.0976. The number of hydrogen-bond acceptors (Lipinski definition) is 2. The molecule has 0 radical (unpaired) electrons. The number of anilines is 1. The molecule has 1 aliphatic rings. The number of ether oxygens (including phenoxy) is 1. The van der Waals surface area contributed by atoms with E-state index in [9.17, 15) is 4.79 Å². The van der Waals surface area contributed by atoms with E-state index in [0.29, 0.717) is 0 Å². The van der Waals surface area contributed by atoms with Crippen molar-refractivity contribution in [1.82, 2.24) is 0 Å². The number of carbonyl (C=O) groups excluding carboxylic acids is 1. The van der Waals surface area contributed by atoms with Gasteiger partial charge in [-0.15, -0.1) is 0 Å². The van der Waals surface area contributed by atoms with E-state index in [-0.39, 0.29) is 12.2 Å². The number of fused-ring (bicyclic) bond motifs is 1. The summed E-state index contributed by atoms with van der Waals surface area (Å²) in [6.45, 7) is 0. The molecule has 19 heavy (non-hydrogen) atoms. The fourth-order valence-corrected chi connectivity index (χ4v) is 2.57. The van der Waals surface area contributed by atoms with Crippen molar-refractivity contribution >= 4 is 22.6 Å². The molecule has 3 nitrogen and oxygen atoms in total. The largest absolute Gasteiger partial charge is 0.446 e. The van der Waals surface area contributed by atoms with Gasteiger partial charge in [-0.2, -0.15) is 0 Å². The summed E-state index contributed by atoms with van der Waals surface area (Å²) in [5.41, 5.74) is 0.779. The molecule has 3 rings (SSSR count). The van der Waals surface area contributed by atoms with Crippen LogP contribution in [-0.4, -0.2) is 12.2 Å². The Morgan fingerprint density at radius 1 is 1.05 bits per heavy atom. The summed E-state index contributed by atoms with van der Waals surface area (Å²) in [6.07, 6.45) is 4.06. The first-order valence-corrected chi connectivity index (χ1v) is 6.78. The van der Waals surface area contributed by atoms with Gasteiger partial charge in [-0.3, -0.25) is 5.32 Å². The highest BCUT2D eigenvalue weighted by molar-refractivity contribution is 5.91. The lowest BCUT2D eigenvalue weighted by molar-refractivity contribution is 0.114. The molecule has 2 aromatic rings. The van der Waals surface area contributed by atoms with Crippen LogP contribution in [0.2, 0.25) is 0 Å². The second kappa shape index (κ2) is 5.31. The predicted octanol–water partition coefficient (Wildman–Crippen LogP) is 4.33. The molecule has 0 spiro atoms. The second-order valence-corrected chi connectivity index (χ2v) is 5.00. The average Bonchev–Trinajstić information content (AvgIpc) is 2.91. The van der Waals surface area contributed by atoms with Crippen molar-refractivity contribution in [1.29, 1.82) is 0 Å². The lowest BCUT2D eigenvalue weighted by Gasteiger charge is -2.12. The SMILES string of the molecule is O=C(Nc1ccc2ccccc2c1)OC1CCCC1. The summed E-state index contributed by atoms with van der Waals surface area (Å²) >= 11 is 0. The van der Waals surface area contributed by atoms with Crippen molar-refractivity contribution in [2.24, 2.45) is 0 Å². The molecule has 0 aromatic heterocycles. The van der Waals surface area contributed by atoms with Gasteiger partial charge >= 0.3 is 6.09 Å². The molecular formula is C16H17NO2. The van der Waals surface area contributed by atoms with E-state index in [1.165, 1.54) is 0 Å². The molecule has 1 aliphatic carbocycles. The molecule has 1 fully saturated rings. The maximum atomic E-state index is 11.8. The molecule has 0 atom stereocenters. The Bertz CT molecular complexity index is 588. The lowest BCUT2D eigenvalue weighted by Crippen LogP contribution is -2.20. The van der Waals surface area contributed by atoms with Crippen molar-refractivity contribution in [3.63, 3.8) is 0 Å². The van der Waals surface area contributed by atoms with Crippen LogP contribution in [0, 0.1) is 0 Å². The second-order valence-electron chi connectivity index (χ2n) is 5.00. The zero-order valence-electron chi connectivity index (χ0n) is 10.8. The predicted molar refractivity (Wildman–Crippen MR) is 76.3 cm³/mol. The third-order valence-electron chi connectivity index (χ3n) is 3.57. The normalized spacial score (nSPS) is 15.6. The number of carbonyl (C=O) groups is 1. The highest BCUT2D eigenvalue weighted by Crippen LogP contribution is 2.22. The fourth-order valence-electron chi connectivity index (χ4n) is 2.57. The summed E-state index contributed by atoms with van der Waals surface area (Å²) in [4.78, 5) is 11.8. The number of benzene rings is 2. The Kier molecular flexibility index (Phi) is 3.36. The third kappa shape index (κ3) is 2.87. The smallest absolute Gasteiger partial charge is 0.411 e.